The number of halogens is 5. The molecule has 2 aromatic heterocycles. The molecule has 218 valence electrons. The van der Waals surface area contributed by atoms with Crippen molar-refractivity contribution in [2.45, 2.75) is 38.0 Å². The number of aromatic carboxylic acids is 1. The molecule has 6 N–H and O–H groups in total. The van der Waals surface area contributed by atoms with Gasteiger partial charge in [0.15, 0.2) is 5.69 Å². The number of aryl methyl sites for hydroxylation is 1. The van der Waals surface area contributed by atoms with Crippen LogP contribution in [0.15, 0.2) is 6.07 Å². The predicted octanol–water partition coefficient (Wildman–Crippen LogP) is 2.54. The van der Waals surface area contributed by atoms with Crippen LogP contribution < -0.4 is 20.9 Å². The number of carboxylic acids is 2. The van der Waals surface area contributed by atoms with Crippen molar-refractivity contribution in [2.24, 2.45) is 17.6 Å². The summed E-state index contributed by atoms with van der Waals surface area (Å²) in [6.07, 6.45) is -3.44. The number of nitrogens with two attached hydrogens (primary N) is 1. The number of hydrogen-bond donors (Lipinski definition) is 5. The Hall–Kier alpha value is -3.30. The fourth-order valence-corrected chi connectivity index (χ4v) is 5.23. The maximum atomic E-state index is 12.6. The second-order valence-electron chi connectivity index (χ2n) is 9.83. The molecule has 0 aromatic carbocycles. The summed E-state index contributed by atoms with van der Waals surface area (Å²) in [5, 5.41) is 20.3. The second-order valence-corrected chi connectivity index (χ2v) is 10.6. The number of amides is 1. The van der Waals surface area contributed by atoms with Gasteiger partial charge in [0, 0.05) is 61.9 Å². The highest BCUT2D eigenvalue weighted by Crippen LogP contribution is 2.47. The van der Waals surface area contributed by atoms with E-state index in [9.17, 15) is 27.9 Å². The van der Waals surface area contributed by atoms with Crippen LogP contribution in [-0.2, 0) is 4.79 Å². The van der Waals surface area contributed by atoms with E-state index in [-0.39, 0.29) is 46.2 Å². The number of H-pyrrole nitrogens is 1. The van der Waals surface area contributed by atoms with Crippen molar-refractivity contribution in [3.05, 3.63) is 33.2 Å². The number of nitrogens with zero attached hydrogens (tertiary/aromatic N) is 4. The van der Waals surface area contributed by atoms with E-state index in [1.54, 1.807) is 6.92 Å². The first-order valence-electron chi connectivity index (χ1n) is 12.2. The first-order chi connectivity index (χ1) is 18.7. The molecule has 2 saturated heterocycles. The summed E-state index contributed by atoms with van der Waals surface area (Å²) in [6, 6.07) is 1.71. The highest BCUT2D eigenvalue weighted by atomic mass is 35.5. The highest BCUT2D eigenvalue weighted by Gasteiger charge is 2.57. The molecule has 0 spiro atoms. The molecular formula is C23H26Cl2F3N7O5. The van der Waals surface area contributed by atoms with E-state index in [4.69, 9.17) is 38.8 Å². The molecule has 5 rings (SSSR count). The number of alkyl halides is 3. The Balaban J connectivity index is 0.000000470. The molecule has 1 aliphatic carbocycles. The SMILES string of the molecule is Cc1[nH]c(C(=O)NC2[C@H]3CN(c4cc(C(=O)O)nc(N5CCC(N)CC5)n4)C[C@@H]23)c(Cl)c1Cl.O=C(O)C(F)(F)F. The van der Waals surface area contributed by atoms with E-state index in [0.29, 0.717) is 48.7 Å². The average Bonchev–Trinajstić information content (AvgIpc) is 3.19. The number of carbonyl (C=O) groups is 3. The number of fused-ring (bicyclic) bond motifs is 1. The molecule has 0 bridgehead atoms. The molecule has 3 fully saturated rings. The number of carbonyl (C=O) groups excluding carboxylic acids is 1. The normalized spacial score (nSPS) is 22.3. The lowest BCUT2D eigenvalue weighted by Crippen LogP contribution is -2.41. The number of anilines is 2. The summed E-state index contributed by atoms with van der Waals surface area (Å²) in [5.74, 6) is -2.57. The maximum absolute atomic E-state index is 12.6. The third-order valence-corrected chi connectivity index (χ3v) is 8.03. The molecule has 1 amide bonds. The summed E-state index contributed by atoms with van der Waals surface area (Å²) in [5.41, 5.74) is 6.89. The van der Waals surface area contributed by atoms with E-state index in [1.807, 2.05) is 4.90 Å². The summed E-state index contributed by atoms with van der Waals surface area (Å²) >= 11 is 12.2. The van der Waals surface area contributed by atoms with Crippen LogP contribution in [-0.4, -0.2) is 87.4 Å². The third-order valence-electron chi connectivity index (χ3n) is 7.08. The quantitative estimate of drug-likeness (QED) is 0.339. The van der Waals surface area contributed by atoms with Crippen molar-refractivity contribution >= 4 is 52.8 Å². The molecular weight excluding hydrogens is 582 g/mol. The Morgan fingerprint density at radius 2 is 1.65 bits per heavy atom. The first-order valence-corrected chi connectivity index (χ1v) is 12.9. The number of aliphatic carboxylic acids is 1. The summed E-state index contributed by atoms with van der Waals surface area (Å²) in [6.45, 7) is 4.51. The fourth-order valence-electron chi connectivity index (χ4n) is 4.81. The second kappa shape index (κ2) is 11.3. The van der Waals surface area contributed by atoms with Crippen LogP contribution in [0.4, 0.5) is 24.9 Å². The zero-order valence-electron chi connectivity index (χ0n) is 21.0. The lowest BCUT2D eigenvalue weighted by atomic mass is 10.1. The van der Waals surface area contributed by atoms with E-state index in [2.05, 4.69) is 25.2 Å². The predicted molar refractivity (Wildman–Crippen MR) is 138 cm³/mol. The van der Waals surface area contributed by atoms with E-state index < -0.39 is 18.1 Å². The molecule has 4 heterocycles. The van der Waals surface area contributed by atoms with Crippen LogP contribution >= 0.6 is 23.2 Å². The molecule has 2 aliphatic heterocycles. The van der Waals surface area contributed by atoms with Crippen LogP contribution in [0, 0.1) is 18.8 Å². The molecule has 1 saturated carbocycles. The number of aromatic amines is 1. The molecule has 17 heteroatoms. The lowest BCUT2D eigenvalue weighted by Gasteiger charge is -2.31. The fraction of sp³-hybridized carbons (Fsp3) is 0.522. The molecule has 1 unspecified atom stereocenters. The minimum absolute atomic E-state index is 0.0241. The highest BCUT2D eigenvalue weighted by molar-refractivity contribution is 6.44. The van der Waals surface area contributed by atoms with Gasteiger partial charge in [0.25, 0.3) is 5.91 Å². The van der Waals surface area contributed by atoms with Crippen molar-refractivity contribution in [3.63, 3.8) is 0 Å². The van der Waals surface area contributed by atoms with Crippen LogP contribution in [0.3, 0.4) is 0 Å². The topological polar surface area (TPSA) is 178 Å². The van der Waals surface area contributed by atoms with Crippen molar-refractivity contribution in [3.8, 4) is 0 Å². The minimum Gasteiger partial charge on any atom is -0.477 e. The van der Waals surface area contributed by atoms with Gasteiger partial charge in [-0.2, -0.15) is 18.2 Å². The Kier molecular flexibility index (Phi) is 8.38. The molecule has 40 heavy (non-hydrogen) atoms. The van der Waals surface area contributed by atoms with Crippen molar-refractivity contribution in [2.75, 3.05) is 36.0 Å². The van der Waals surface area contributed by atoms with Gasteiger partial charge in [-0.1, -0.05) is 23.2 Å². The number of hydrogen-bond acceptors (Lipinski definition) is 8. The lowest BCUT2D eigenvalue weighted by molar-refractivity contribution is -0.192. The summed E-state index contributed by atoms with van der Waals surface area (Å²) < 4.78 is 31.7. The van der Waals surface area contributed by atoms with Crippen molar-refractivity contribution in [1.29, 1.82) is 0 Å². The zero-order valence-corrected chi connectivity index (χ0v) is 22.5. The Morgan fingerprint density at radius 1 is 1.07 bits per heavy atom. The van der Waals surface area contributed by atoms with Crippen LogP contribution in [0.2, 0.25) is 10.0 Å². The standard InChI is InChI=1S/C21H25Cl2N7O3.C2HF3O2/c1-9-15(22)16(23)18(25-9)19(31)28-17-11-7-30(8-12(11)17)14-6-13(20(32)33)26-21(27-14)29-4-2-10(24)3-5-29;3-2(4,5)1(6)7/h6,10-12,17,25H,2-5,7-8,24H2,1H3,(H,28,31)(H,32,33);(H,6,7)/t11-,12+,17?;. The van der Waals surface area contributed by atoms with E-state index in [0.717, 1.165) is 12.8 Å². The van der Waals surface area contributed by atoms with Crippen LogP contribution in [0.1, 0.15) is 39.5 Å². The first kappa shape index (κ1) is 29.7. The summed E-state index contributed by atoms with van der Waals surface area (Å²) in [7, 11) is 0. The van der Waals surface area contributed by atoms with Gasteiger partial charge in [0.2, 0.25) is 5.95 Å². The number of nitrogens with one attached hydrogen (secondary N) is 2. The summed E-state index contributed by atoms with van der Waals surface area (Å²) in [4.78, 5) is 49.1. The van der Waals surface area contributed by atoms with E-state index in [1.165, 1.54) is 6.07 Å². The Labute approximate surface area is 235 Å². The molecule has 2 aromatic rings. The molecule has 12 nitrogen and oxygen atoms in total. The monoisotopic (exact) mass is 607 g/mol. The number of rotatable bonds is 5. The molecule has 3 aliphatic rings. The number of carboxylic acid groups (broad SMARTS) is 2. The van der Waals surface area contributed by atoms with Crippen LogP contribution in [0.5, 0.6) is 0 Å². The van der Waals surface area contributed by atoms with Gasteiger partial charge >= 0.3 is 18.1 Å². The van der Waals surface area contributed by atoms with Gasteiger partial charge < -0.3 is 36.0 Å². The number of piperidine rings is 2. The van der Waals surface area contributed by atoms with Gasteiger partial charge in [-0.25, -0.2) is 14.6 Å². The zero-order chi connectivity index (χ0) is 29.5. The van der Waals surface area contributed by atoms with Gasteiger partial charge in [-0.05, 0) is 19.8 Å². The van der Waals surface area contributed by atoms with Crippen LogP contribution in [0.25, 0.3) is 0 Å². The smallest absolute Gasteiger partial charge is 0.477 e. The maximum Gasteiger partial charge on any atom is 0.490 e. The molecule has 3 atom stereocenters. The minimum atomic E-state index is -5.08. The van der Waals surface area contributed by atoms with E-state index >= 15 is 0 Å². The largest absolute Gasteiger partial charge is 0.490 e. The van der Waals surface area contributed by atoms with Crippen molar-refractivity contribution in [1.82, 2.24) is 20.3 Å². The number of aromatic nitrogens is 3. The molecule has 0 radical (unpaired) electrons. The Morgan fingerprint density at radius 3 is 2.12 bits per heavy atom. The average molecular weight is 608 g/mol. The van der Waals surface area contributed by atoms with Gasteiger partial charge in [0.1, 0.15) is 11.5 Å². The Bertz CT molecular complexity index is 1300. The van der Waals surface area contributed by atoms with Gasteiger partial charge in [0.05, 0.1) is 10.0 Å². The van der Waals surface area contributed by atoms with Crippen molar-refractivity contribution < 1.29 is 37.8 Å². The van der Waals surface area contributed by atoms with Gasteiger partial charge in [-0.3, -0.25) is 4.79 Å². The third kappa shape index (κ3) is 6.36. The van der Waals surface area contributed by atoms with Gasteiger partial charge in [-0.15, -0.1) is 0 Å².